The van der Waals surface area contributed by atoms with Crippen LogP contribution in [0.5, 0.6) is 0 Å². The molecule has 0 unspecified atom stereocenters. The van der Waals surface area contributed by atoms with Crippen LogP contribution in [0.25, 0.3) is 0 Å². The van der Waals surface area contributed by atoms with Gasteiger partial charge in [0.15, 0.2) is 5.82 Å². The third-order valence-corrected chi connectivity index (χ3v) is 2.37. The molecule has 0 aliphatic heterocycles. The number of nitrogens with zero attached hydrogens (tertiary/aromatic N) is 2. The molecule has 0 aromatic carbocycles. The van der Waals surface area contributed by atoms with Crippen molar-refractivity contribution in [2.45, 2.75) is 18.2 Å². The Hall–Kier alpha value is -1.09. The minimum absolute atomic E-state index is 0.110. The first kappa shape index (κ1) is 12.0. The average Bonchev–Trinajstić information content (AvgIpc) is 2.20. The molecule has 1 aromatic rings. The highest BCUT2D eigenvalue weighted by molar-refractivity contribution is 9.08. The van der Waals surface area contributed by atoms with Crippen LogP contribution >= 0.6 is 15.9 Å². The lowest BCUT2D eigenvalue weighted by atomic mass is 10.1. The lowest BCUT2D eigenvalue weighted by molar-refractivity contribution is 0.140. The van der Waals surface area contributed by atoms with Crippen molar-refractivity contribution >= 4 is 15.9 Å². The predicted molar refractivity (Wildman–Crippen MR) is 51.1 cm³/mol. The molecule has 2 nitrogen and oxygen atoms in total. The maximum atomic E-state index is 13.1. The van der Waals surface area contributed by atoms with Gasteiger partial charge in [-0.3, -0.25) is 0 Å². The Kier molecular flexibility index (Phi) is 4.09. The highest BCUT2D eigenvalue weighted by Gasteiger charge is 2.18. The van der Waals surface area contributed by atoms with Gasteiger partial charge in [0, 0.05) is 5.33 Å². The zero-order valence-electron chi connectivity index (χ0n) is 7.48. The van der Waals surface area contributed by atoms with Crippen molar-refractivity contribution in [1.29, 1.82) is 5.26 Å². The predicted octanol–water partition coefficient (Wildman–Crippen LogP) is 3.12. The second kappa shape index (κ2) is 5.12. The fourth-order valence-corrected chi connectivity index (χ4v) is 1.56. The van der Waals surface area contributed by atoms with Crippen LogP contribution in [0.1, 0.15) is 23.4 Å². The molecule has 0 fully saturated rings. The highest BCUT2D eigenvalue weighted by atomic mass is 79.9. The topological polar surface area (TPSA) is 36.7 Å². The fourth-order valence-electron chi connectivity index (χ4n) is 1.08. The van der Waals surface area contributed by atoms with Crippen molar-refractivity contribution < 1.29 is 13.2 Å². The van der Waals surface area contributed by atoms with Crippen molar-refractivity contribution in [3.05, 3.63) is 28.8 Å². The minimum atomic E-state index is -2.97. The van der Waals surface area contributed by atoms with Gasteiger partial charge in [0.1, 0.15) is 5.69 Å². The molecule has 0 radical (unpaired) electrons. The van der Waals surface area contributed by atoms with E-state index in [1.807, 2.05) is 0 Å². The van der Waals surface area contributed by atoms with Gasteiger partial charge < -0.3 is 0 Å². The average molecular weight is 279 g/mol. The Balaban J connectivity index is 3.25. The molecule has 0 N–H and O–H groups in total. The first-order valence-electron chi connectivity index (χ1n) is 3.99. The van der Waals surface area contributed by atoms with Gasteiger partial charge in [0.2, 0.25) is 0 Å². The fraction of sp³-hybridized carbons (Fsp3) is 0.333. The molecule has 0 spiro atoms. The zero-order chi connectivity index (χ0) is 11.4. The number of hydrogen-bond donors (Lipinski definition) is 0. The molecule has 1 rings (SSSR count). The Labute approximate surface area is 92.9 Å². The molecule has 0 bridgehead atoms. The van der Waals surface area contributed by atoms with Crippen LogP contribution in [0.4, 0.5) is 13.2 Å². The summed E-state index contributed by atoms with van der Waals surface area (Å²) >= 11 is 3.07. The number of halogens is 4. The van der Waals surface area contributed by atoms with Gasteiger partial charge in [-0.25, -0.2) is 18.2 Å². The number of aromatic nitrogens is 1. The highest BCUT2D eigenvalue weighted by Crippen LogP contribution is 2.23. The van der Waals surface area contributed by atoms with E-state index < -0.39 is 17.9 Å². The number of rotatable bonds is 3. The third kappa shape index (κ3) is 2.69. The van der Waals surface area contributed by atoms with Crippen molar-refractivity contribution in [1.82, 2.24) is 4.98 Å². The van der Waals surface area contributed by atoms with E-state index in [-0.39, 0.29) is 17.4 Å². The molecule has 0 aliphatic rings. The molecule has 80 valence electrons. The maximum Gasteiger partial charge on any atom is 0.283 e. The van der Waals surface area contributed by atoms with Crippen LogP contribution in [0.3, 0.4) is 0 Å². The van der Waals surface area contributed by atoms with Crippen molar-refractivity contribution in [3.8, 4) is 6.07 Å². The molecule has 1 aromatic heterocycles. The summed E-state index contributed by atoms with van der Waals surface area (Å²) in [7, 11) is 0. The van der Waals surface area contributed by atoms with E-state index in [0.29, 0.717) is 5.56 Å². The monoisotopic (exact) mass is 278 g/mol. The molecule has 0 saturated heterocycles. The molecule has 6 heteroatoms. The van der Waals surface area contributed by atoms with E-state index in [1.54, 1.807) is 6.07 Å². The van der Waals surface area contributed by atoms with Crippen molar-refractivity contribution in [2.24, 2.45) is 0 Å². The van der Waals surface area contributed by atoms with E-state index in [2.05, 4.69) is 20.9 Å². The second-order valence-electron chi connectivity index (χ2n) is 2.73. The van der Waals surface area contributed by atoms with Crippen LogP contribution < -0.4 is 0 Å². The van der Waals surface area contributed by atoms with Crippen LogP contribution in [0, 0.1) is 17.1 Å². The molecule has 0 aliphatic carbocycles. The van der Waals surface area contributed by atoms with Gasteiger partial charge in [-0.2, -0.15) is 5.26 Å². The zero-order valence-corrected chi connectivity index (χ0v) is 9.06. The largest absolute Gasteiger partial charge is 0.283 e. The van der Waals surface area contributed by atoms with Crippen LogP contribution in [-0.4, -0.2) is 4.98 Å². The van der Waals surface area contributed by atoms with Crippen LogP contribution in [0.15, 0.2) is 6.07 Å². The van der Waals surface area contributed by atoms with E-state index in [1.165, 1.54) is 0 Å². The third-order valence-electron chi connectivity index (χ3n) is 1.77. The van der Waals surface area contributed by atoms with Gasteiger partial charge in [-0.05, 0) is 11.6 Å². The van der Waals surface area contributed by atoms with Crippen molar-refractivity contribution in [3.63, 3.8) is 0 Å². The molecular weight excluding hydrogens is 273 g/mol. The SMILES string of the molecule is N#CCc1nc(C(F)F)c(F)cc1CBr. The van der Waals surface area contributed by atoms with Gasteiger partial charge >= 0.3 is 0 Å². The summed E-state index contributed by atoms with van der Waals surface area (Å²) in [5.74, 6) is -1.04. The summed E-state index contributed by atoms with van der Waals surface area (Å²) in [5.41, 5.74) is -0.297. The normalized spacial score (nSPS) is 10.4. The summed E-state index contributed by atoms with van der Waals surface area (Å²) in [5, 5.41) is 8.73. The summed E-state index contributed by atoms with van der Waals surface area (Å²) in [6, 6.07) is 2.78. The lowest BCUT2D eigenvalue weighted by Crippen LogP contribution is -2.03. The molecule has 1 heterocycles. The number of hydrogen-bond acceptors (Lipinski definition) is 2. The van der Waals surface area contributed by atoms with E-state index >= 15 is 0 Å². The van der Waals surface area contributed by atoms with E-state index in [4.69, 9.17) is 5.26 Å². The molecule has 0 saturated carbocycles. The lowest BCUT2D eigenvalue weighted by Gasteiger charge is -2.07. The second-order valence-corrected chi connectivity index (χ2v) is 3.29. The summed E-state index contributed by atoms with van der Waals surface area (Å²) in [6.07, 6.45) is -3.08. The van der Waals surface area contributed by atoms with Gasteiger partial charge in [-0.1, -0.05) is 15.9 Å². The molecule has 0 atom stereocenters. The molecular formula is C9H6BrF3N2. The van der Waals surface area contributed by atoms with E-state index in [9.17, 15) is 13.2 Å². The number of nitriles is 1. The maximum absolute atomic E-state index is 13.1. The molecule has 15 heavy (non-hydrogen) atoms. The van der Waals surface area contributed by atoms with Crippen molar-refractivity contribution in [2.75, 3.05) is 0 Å². The Bertz CT molecular complexity index is 401. The quantitative estimate of drug-likeness (QED) is 0.797. The number of pyridine rings is 1. The number of alkyl halides is 3. The van der Waals surface area contributed by atoms with Crippen LogP contribution in [0.2, 0.25) is 0 Å². The standard InChI is InChI=1S/C9H6BrF3N2/c10-4-5-3-6(11)8(9(12)13)15-7(5)1-2-14/h3,9H,1,4H2. The van der Waals surface area contributed by atoms with Gasteiger partial charge in [-0.15, -0.1) is 0 Å². The first-order valence-corrected chi connectivity index (χ1v) is 5.11. The van der Waals surface area contributed by atoms with Gasteiger partial charge in [0.05, 0.1) is 18.2 Å². The smallest absolute Gasteiger partial charge is 0.247 e. The van der Waals surface area contributed by atoms with Crippen LogP contribution in [-0.2, 0) is 11.8 Å². The van der Waals surface area contributed by atoms with E-state index in [0.717, 1.165) is 6.07 Å². The Morgan fingerprint density at radius 2 is 2.20 bits per heavy atom. The minimum Gasteiger partial charge on any atom is -0.247 e. The summed E-state index contributed by atoms with van der Waals surface area (Å²) in [4.78, 5) is 3.45. The Morgan fingerprint density at radius 1 is 1.53 bits per heavy atom. The first-order chi connectivity index (χ1) is 7.10. The Morgan fingerprint density at radius 3 is 2.67 bits per heavy atom. The van der Waals surface area contributed by atoms with Gasteiger partial charge in [0.25, 0.3) is 6.43 Å². The summed E-state index contributed by atoms with van der Waals surface area (Å²) in [6.45, 7) is 0. The summed E-state index contributed by atoms with van der Waals surface area (Å²) < 4.78 is 37.6. The molecule has 0 amide bonds.